The second-order valence-electron chi connectivity index (χ2n) is 5.30. The Balaban J connectivity index is 2.03. The predicted molar refractivity (Wildman–Crippen MR) is 86.6 cm³/mol. The number of halogens is 1. The average molecular weight is 346 g/mol. The quantitative estimate of drug-likeness (QED) is 0.852. The third kappa shape index (κ3) is 2.61. The van der Waals surface area contributed by atoms with E-state index in [0.717, 1.165) is 21.3 Å². The monoisotopic (exact) mass is 345 g/mol. The van der Waals surface area contributed by atoms with E-state index in [9.17, 15) is 9.90 Å². The zero-order valence-electron chi connectivity index (χ0n) is 11.7. The first kappa shape index (κ1) is 14.3. The third-order valence-electron chi connectivity index (χ3n) is 3.81. The van der Waals surface area contributed by atoms with Crippen LogP contribution in [-0.2, 0) is 0 Å². The number of rotatable bonds is 1. The summed E-state index contributed by atoms with van der Waals surface area (Å²) in [5.41, 5.74) is 3.37. The predicted octanol–water partition coefficient (Wildman–Crippen LogP) is 3.84. The van der Waals surface area contributed by atoms with Gasteiger partial charge in [-0.15, -0.1) is 0 Å². The summed E-state index contributed by atoms with van der Waals surface area (Å²) < 4.78 is 0.787. The molecule has 1 atom stereocenters. The highest BCUT2D eigenvalue weighted by atomic mass is 79.9. The summed E-state index contributed by atoms with van der Waals surface area (Å²) in [5, 5.41) is 10.2. The number of aryl methyl sites for hydroxylation is 1. The van der Waals surface area contributed by atoms with E-state index in [1.54, 1.807) is 4.90 Å². The van der Waals surface area contributed by atoms with E-state index in [0.29, 0.717) is 18.5 Å². The second kappa shape index (κ2) is 5.62. The summed E-state index contributed by atoms with van der Waals surface area (Å²) >= 11 is 3.43. The van der Waals surface area contributed by atoms with Crippen LogP contribution in [0.2, 0.25) is 0 Å². The molecule has 4 heteroatoms. The number of aliphatic hydroxyl groups excluding tert-OH is 1. The summed E-state index contributed by atoms with van der Waals surface area (Å²) in [6.45, 7) is 2.51. The van der Waals surface area contributed by atoms with Gasteiger partial charge in [0.1, 0.15) is 0 Å². The van der Waals surface area contributed by atoms with Gasteiger partial charge in [0.05, 0.1) is 11.7 Å². The van der Waals surface area contributed by atoms with Crippen molar-refractivity contribution in [3.63, 3.8) is 0 Å². The van der Waals surface area contributed by atoms with E-state index in [2.05, 4.69) is 15.9 Å². The van der Waals surface area contributed by atoms with Gasteiger partial charge in [-0.1, -0.05) is 29.8 Å². The molecule has 1 aliphatic rings. The molecular weight excluding hydrogens is 330 g/mol. The highest BCUT2D eigenvalue weighted by Gasteiger charge is 2.28. The maximum Gasteiger partial charge on any atom is 0.259 e. The Morgan fingerprint density at radius 1 is 1.29 bits per heavy atom. The Labute approximate surface area is 132 Å². The lowest BCUT2D eigenvalue weighted by Crippen LogP contribution is -2.37. The standard InChI is InChI=1S/C17H16BrNO2/c1-11-6-7-15-13(10-11)16(20)8-9-19(15)17(21)12-4-2-3-5-14(12)18/h2-7,10,16,20H,8-9H2,1H3. The van der Waals surface area contributed by atoms with Gasteiger partial charge in [0.2, 0.25) is 0 Å². The molecule has 1 heterocycles. The molecule has 0 aliphatic carbocycles. The van der Waals surface area contributed by atoms with Gasteiger partial charge in [-0.05, 0) is 47.5 Å². The van der Waals surface area contributed by atoms with Crippen molar-refractivity contribution in [3.8, 4) is 0 Å². The van der Waals surface area contributed by atoms with E-state index in [1.165, 1.54) is 0 Å². The third-order valence-corrected chi connectivity index (χ3v) is 4.50. The second-order valence-corrected chi connectivity index (χ2v) is 6.16. The van der Waals surface area contributed by atoms with Gasteiger partial charge in [-0.3, -0.25) is 4.79 Å². The van der Waals surface area contributed by atoms with Crippen LogP contribution < -0.4 is 4.90 Å². The molecule has 3 nitrogen and oxygen atoms in total. The molecule has 0 spiro atoms. The number of hydrogen-bond donors (Lipinski definition) is 1. The SMILES string of the molecule is Cc1ccc2c(c1)C(O)CCN2C(=O)c1ccccc1Br. The summed E-state index contributed by atoms with van der Waals surface area (Å²) in [6, 6.07) is 13.3. The molecule has 3 rings (SSSR count). The first-order valence-corrected chi connectivity index (χ1v) is 7.72. The van der Waals surface area contributed by atoms with Crippen molar-refractivity contribution < 1.29 is 9.90 Å². The maximum absolute atomic E-state index is 12.8. The Kier molecular flexibility index (Phi) is 3.83. The molecule has 21 heavy (non-hydrogen) atoms. The maximum atomic E-state index is 12.8. The van der Waals surface area contributed by atoms with E-state index in [-0.39, 0.29) is 5.91 Å². The molecular formula is C17H16BrNO2. The largest absolute Gasteiger partial charge is 0.388 e. The number of amides is 1. The van der Waals surface area contributed by atoms with Crippen LogP contribution >= 0.6 is 15.9 Å². The minimum Gasteiger partial charge on any atom is -0.388 e. The molecule has 0 saturated carbocycles. The lowest BCUT2D eigenvalue weighted by Gasteiger charge is -2.32. The van der Waals surface area contributed by atoms with Crippen molar-refractivity contribution in [2.45, 2.75) is 19.4 Å². The zero-order valence-corrected chi connectivity index (χ0v) is 13.3. The molecule has 1 unspecified atom stereocenters. The van der Waals surface area contributed by atoms with Crippen LogP contribution in [0.4, 0.5) is 5.69 Å². The molecule has 1 N–H and O–H groups in total. The number of carbonyl (C=O) groups is 1. The molecule has 1 amide bonds. The smallest absolute Gasteiger partial charge is 0.259 e. The number of anilines is 1. The molecule has 2 aromatic carbocycles. The molecule has 2 aromatic rings. The summed E-state index contributed by atoms with van der Waals surface area (Å²) in [5.74, 6) is -0.0421. The summed E-state index contributed by atoms with van der Waals surface area (Å²) in [4.78, 5) is 14.5. The highest BCUT2D eigenvalue weighted by Crippen LogP contribution is 2.35. The normalized spacial score (nSPS) is 17.5. The number of nitrogens with zero attached hydrogens (tertiary/aromatic N) is 1. The van der Waals surface area contributed by atoms with Crippen LogP contribution in [-0.4, -0.2) is 17.6 Å². The van der Waals surface area contributed by atoms with E-state index >= 15 is 0 Å². The Hall–Kier alpha value is -1.65. The minimum atomic E-state index is -0.497. The van der Waals surface area contributed by atoms with Crippen molar-refractivity contribution in [2.75, 3.05) is 11.4 Å². The molecule has 108 valence electrons. The van der Waals surface area contributed by atoms with Gasteiger partial charge in [-0.2, -0.15) is 0 Å². The number of fused-ring (bicyclic) bond motifs is 1. The number of aliphatic hydroxyl groups is 1. The number of benzene rings is 2. The number of hydrogen-bond acceptors (Lipinski definition) is 2. The lowest BCUT2D eigenvalue weighted by molar-refractivity contribution is 0.0970. The summed E-state index contributed by atoms with van der Waals surface area (Å²) in [6.07, 6.45) is 0.0651. The molecule has 0 saturated heterocycles. The van der Waals surface area contributed by atoms with Crippen LogP contribution in [0.1, 0.15) is 34.0 Å². The lowest BCUT2D eigenvalue weighted by atomic mass is 9.96. The van der Waals surface area contributed by atoms with Crippen LogP contribution in [0.3, 0.4) is 0 Å². The molecule has 0 bridgehead atoms. The van der Waals surface area contributed by atoms with Gasteiger partial charge < -0.3 is 10.0 Å². The van der Waals surface area contributed by atoms with E-state index in [1.807, 2.05) is 49.4 Å². The van der Waals surface area contributed by atoms with Gasteiger partial charge in [0, 0.05) is 22.3 Å². The van der Waals surface area contributed by atoms with Crippen molar-refractivity contribution in [3.05, 3.63) is 63.6 Å². The zero-order chi connectivity index (χ0) is 15.0. The Bertz CT molecular complexity index is 699. The van der Waals surface area contributed by atoms with Crippen LogP contribution in [0.5, 0.6) is 0 Å². The van der Waals surface area contributed by atoms with Gasteiger partial charge in [-0.25, -0.2) is 0 Å². The first-order valence-electron chi connectivity index (χ1n) is 6.93. The Morgan fingerprint density at radius 2 is 2.05 bits per heavy atom. The number of carbonyl (C=O) groups excluding carboxylic acids is 1. The highest BCUT2D eigenvalue weighted by molar-refractivity contribution is 9.10. The van der Waals surface area contributed by atoms with Crippen molar-refractivity contribution in [1.29, 1.82) is 0 Å². The summed E-state index contributed by atoms with van der Waals surface area (Å²) in [7, 11) is 0. The van der Waals surface area contributed by atoms with Crippen LogP contribution in [0, 0.1) is 6.92 Å². The van der Waals surface area contributed by atoms with Crippen molar-refractivity contribution in [1.82, 2.24) is 0 Å². The first-order chi connectivity index (χ1) is 10.1. The fraction of sp³-hybridized carbons (Fsp3) is 0.235. The average Bonchev–Trinajstić information content (AvgIpc) is 2.48. The van der Waals surface area contributed by atoms with Crippen molar-refractivity contribution >= 4 is 27.5 Å². The van der Waals surface area contributed by atoms with Gasteiger partial charge in [0.15, 0.2) is 0 Å². The van der Waals surface area contributed by atoms with E-state index in [4.69, 9.17) is 0 Å². The molecule has 0 aromatic heterocycles. The molecule has 0 fully saturated rings. The minimum absolute atomic E-state index is 0.0421. The van der Waals surface area contributed by atoms with Gasteiger partial charge in [0.25, 0.3) is 5.91 Å². The topological polar surface area (TPSA) is 40.5 Å². The Morgan fingerprint density at radius 3 is 2.81 bits per heavy atom. The fourth-order valence-corrected chi connectivity index (χ4v) is 3.16. The molecule has 1 aliphatic heterocycles. The molecule has 0 radical (unpaired) electrons. The van der Waals surface area contributed by atoms with Crippen LogP contribution in [0.15, 0.2) is 46.9 Å². The van der Waals surface area contributed by atoms with Crippen molar-refractivity contribution in [2.24, 2.45) is 0 Å². The van der Waals surface area contributed by atoms with Crippen LogP contribution in [0.25, 0.3) is 0 Å². The van der Waals surface area contributed by atoms with Gasteiger partial charge >= 0.3 is 0 Å². The fourth-order valence-electron chi connectivity index (χ4n) is 2.70. The van der Waals surface area contributed by atoms with E-state index < -0.39 is 6.10 Å².